The van der Waals surface area contributed by atoms with Crippen molar-refractivity contribution in [2.75, 3.05) is 18.4 Å². The number of aromatic carboxylic acids is 1. The average Bonchev–Trinajstić information content (AvgIpc) is 3.21. The normalized spacial score (nSPS) is 15.9. The zero-order valence-corrected chi connectivity index (χ0v) is 18.3. The molecule has 1 unspecified atom stereocenters. The zero-order chi connectivity index (χ0) is 22.7. The molecule has 1 saturated heterocycles. The van der Waals surface area contributed by atoms with Crippen LogP contribution in [0.3, 0.4) is 0 Å². The van der Waals surface area contributed by atoms with Crippen molar-refractivity contribution in [2.45, 2.75) is 19.8 Å². The van der Waals surface area contributed by atoms with E-state index in [4.69, 9.17) is 0 Å². The highest BCUT2D eigenvalue weighted by atomic mass is 32.1. The summed E-state index contributed by atoms with van der Waals surface area (Å²) in [6.07, 6.45) is 4.72. The molecule has 0 bridgehead atoms. The second kappa shape index (κ2) is 9.27. The van der Waals surface area contributed by atoms with E-state index in [1.54, 1.807) is 42.4 Å². The fourth-order valence-corrected chi connectivity index (χ4v) is 4.76. The minimum absolute atomic E-state index is 0.0350. The van der Waals surface area contributed by atoms with Crippen LogP contribution in [0, 0.1) is 12.8 Å². The molecule has 3 heterocycles. The lowest BCUT2D eigenvalue weighted by Gasteiger charge is -2.32. The quantitative estimate of drug-likeness (QED) is 0.613. The van der Waals surface area contributed by atoms with Crippen LogP contribution in [0.4, 0.5) is 5.69 Å². The zero-order valence-electron chi connectivity index (χ0n) is 17.4. The minimum Gasteiger partial charge on any atom is -0.478 e. The lowest BCUT2D eigenvalue weighted by atomic mass is 9.96. The topological polar surface area (TPSA) is 112 Å². The van der Waals surface area contributed by atoms with Gasteiger partial charge in [0.05, 0.1) is 22.9 Å². The monoisotopic (exact) mass is 450 g/mol. The first-order valence-corrected chi connectivity index (χ1v) is 11.1. The molecule has 0 spiro atoms. The molecule has 3 aromatic rings. The molecule has 2 aromatic heterocycles. The number of carbonyl (C=O) groups is 3. The molecular formula is C23H22N4O4S. The molecule has 0 saturated carbocycles. The van der Waals surface area contributed by atoms with Crippen molar-refractivity contribution in [1.29, 1.82) is 0 Å². The first-order chi connectivity index (χ1) is 15.4. The van der Waals surface area contributed by atoms with Crippen molar-refractivity contribution in [1.82, 2.24) is 14.9 Å². The molecule has 0 aliphatic carbocycles. The van der Waals surface area contributed by atoms with Gasteiger partial charge in [-0.3, -0.25) is 14.6 Å². The molecule has 1 aromatic carbocycles. The standard InChI is InChI=1S/C23H22N4O4S/c1-14-19(32-21(25-14)15-6-4-10-24-12-15)22(29)27-11-5-7-16(13-27)20(28)26-18-9-3-2-8-17(18)23(30)31/h2-4,6,8-10,12,16H,5,7,11,13H2,1H3,(H,26,28)(H,30,31). The van der Waals surface area contributed by atoms with Crippen LogP contribution in [-0.2, 0) is 4.79 Å². The van der Waals surface area contributed by atoms with Crippen molar-refractivity contribution in [2.24, 2.45) is 5.92 Å². The van der Waals surface area contributed by atoms with Gasteiger partial charge >= 0.3 is 5.97 Å². The Morgan fingerprint density at radius 2 is 2.00 bits per heavy atom. The lowest BCUT2D eigenvalue weighted by Crippen LogP contribution is -2.43. The fraction of sp³-hybridized carbons (Fsp3) is 0.261. The summed E-state index contributed by atoms with van der Waals surface area (Å²) in [7, 11) is 0. The van der Waals surface area contributed by atoms with Gasteiger partial charge in [-0.1, -0.05) is 12.1 Å². The Labute approximate surface area is 188 Å². The molecule has 164 valence electrons. The van der Waals surface area contributed by atoms with Crippen molar-refractivity contribution in [3.05, 3.63) is 64.9 Å². The van der Waals surface area contributed by atoms with Crippen molar-refractivity contribution in [3.8, 4) is 10.6 Å². The van der Waals surface area contributed by atoms with Gasteiger partial charge in [0.1, 0.15) is 9.88 Å². The number of anilines is 1. The highest BCUT2D eigenvalue weighted by Crippen LogP contribution is 2.30. The number of nitrogens with one attached hydrogen (secondary N) is 1. The molecule has 1 fully saturated rings. The maximum atomic E-state index is 13.2. The van der Waals surface area contributed by atoms with Gasteiger partial charge in [-0.15, -0.1) is 11.3 Å². The number of benzene rings is 1. The van der Waals surface area contributed by atoms with Crippen LogP contribution in [0.1, 0.15) is 38.6 Å². The number of piperidine rings is 1. The Morgan fingerprint density at radius 1 is 1.19 bits per heavy atom. The Kier molecular flexibility index (Phi) is 6.27. The molecule has 8 nitrogen and oxygen atoms in total. The van der Waals surface area contributed by atoms with Crippen molar-refractivity contribution in [3.63, 3.8) is 0 Å². The number of hydrogen-bond donors (Lipinski definition) is 2. The summed E-state index contributed by atoms with van der Waals surface area (Å²) in [5.74, 6) is -1.95. The molecule has 4 rings (SSSR count). The molecule has 2 amide bonds. The number of para-hydroxylation sites is 1. The number of carboxylic acids is 1. The number of aromatic nitrogens is 2. The fourth-order valence-electron chi connectivity index (χ4n) is 3.74. The summed E-state index contributed by atoms with van der Waals surface area (Å²) < 4.78 is 0. The number of likely N-dealkylation sites (tertiary alicyclic amines) is 1. The Balaban J connectivity index is 1.47. The van der Waals surface area contributed by atoms with Crippen LogP contribution in [0.5, 0.6) is 0 Å². The number of amides is 2. The number of hydrogen-bond acceptors (Lipinski definition) is 6. The predicted octanol–water partition coefficient (Wildman–Crippen LogP) is 3.70. The highest BCUT2D eigenvalue weighted by molar-refractivity contribution is 7.17. The first kappa shape index (κ1) is 21.6. The molecule has 1 aliphatic rings. The van der Waals surface area contributed by atoms with Gasteiger partial charge in [0.2, 0.25) is 5.91 Å². The second-order valence-electron chi connectivity index (χ2n) is 7.61. The number of carboxylic acid groups (broad SMARTS) is 1. The van der Waals surface area contributed by atoms with E-state index >= 15 is 0 Å². The van der Waals surface area contributed by atoms with Gasteiger partial charge in [-0.25, -0.2) is 9.78 Å². The van der Waals surface area contributed by atoms with E-state index in [0.29, 0.717) is 30.0 Å². The summed E-state index contributed by atoms with van der Waals surface area (Å²) in [6, 6.07) is 10.0. The molecule has 1 atom stereocenters. The molecular weight excluding hydrogens is 428 g/mol. The van der Waals surface area contributed by atoms with E-state index in [9.17, 15) is 19.5 Å². The Hall–Kier alpha value is -3.59. The third-order valence-electron chi connectivity index (χ3n) is 5.39. The third-order valence-corrected chi connectivity index (χ3v) is 6.59. The van der Waals surface area contributed by atoms with Gasteiger partial charge in [-0.05, 0) is 44.0 Å². The highest BCUT2D eigenvalue weighted by Gasteiger charge is 2.31. The smallest absolute Gasteiger partial charge is 0.337 e. The summed E-state index contributed by atoms with van der Waals surface area (Å²) in [6.45, 7) is 2.65. The van der Waals surface area contributed by atoms with Gasteiger partial charge < -0.3 is 15.3 Å². The largest absolute Gasteiger partial charge is 0.478 e. The van der Waals surface area contributed by atoms with Crippen LogP contribution in [0.25, 0.3) is 10.6 Å². The van der Waals surface area contributed by atoms with E-state index in [-0.39, 0.29) is 29.6 Å². The van der Waals surface area contributed by atoms with Gasteiger partial charge in [0, 0.05) is 31.0 Å². The second-order valence-corrected chi connectivity index (χ2v) is 8.60. The summed E-state index contributed by atoms with van der Waals surface area (Å²) >= 11 is 1.32. The maximum Gasteiger partial charge on any atom is 0.337 e. The Morgan fingerprint density at radius 3 is 2.75 bits per heavy atom. The van der Waals surface area contributed by atoms with Crippen molar-refractivity contribution < 1.29 is 19.5 Å². The summed E-state index contributed by atoms with van der Waals surface area (Å²) in [5.41, 5.74) is 1.80. The van der Waals surface area contributed by atoms with E-state index in [0.717, 1.165) is 10.6 Å². The van der Waals surface area contributed by atoms with Crippen LogP contribution in [0.15, 0.2) is 48.8 Å². The minimum atomic E-state index is -1.11. The van der Waals surface area contributed by atoms with Gasteiger partial charge in [-0.2, -0.15) is 0 Å². The number of aryl methyl sites for hydroxylation is 1. The number of pyridine rings is 1. The first-order valence-electron chi connectivity index (χ1n) is 10.2. The number of thiazole rings is 1. The van der Waals surface area contributed by atoms with E-state index in [2.05, 4.69) is 15.3 Å². The summed E-state index contributed by atoms with van der Waals surface area (Å²) in [4.78, 5) is 48.3. The van der Waals surface area contributed by atoms with Crippen molar-refractivity contribution >= 4 is 34.8 Å². The van der Waals surface area contributed by atoms with Gasteiger partial charge in [0.25, 0.3) is 5.91 Å². The predicted molar refractivity (Wildman–Crippen MR) is 121 cm³/mol. The Bertz CT molecular complexity index is 1160. The number of nitrogens with zero attached hydrogens (tertiary/aromatic N) is 3. The van der Waals surface area contributed by atoms with Crippen LogP contribution in [-0.4, -0.2) is 50.8 Å². The lowest BCUT2D eigenvalue weighted by molar-refractivity contribution is -0.121. The number of rotatable bonds is 5. The van der Waals surface area contributed by atoms with E-state index < -0.39 is 11.9 Å². The molecule has 1 aliphatic heterocycles. The molecule has 9 heteroatoms. The van der Waals surface area contributed by atoms with Crippen LogP contribution < -0.4 is 5.32 Å². The molecule has 0 radical (unpaired) electrons. The number of carbonyl (C=O) groups excluding carboxylic acids is 2. The van der Waals surface area contributed by atoms with Gasteiger partial charge in [0.15, 0.2) is 0 Å². The average molecular weight is 451 g/mol. The van der Waals surface area contributed by atoms with Crippen LogP contribution in [0.2, 0.25) is 0 Å². The van der Waals surface area contributed by atoms with Crippen LogP contribution >= 0.6 is 11.3 Å². The van der Waals surface area contributed by atoms with E-state index in [1.807, 2.05) is 12.1 Å². The third kappa shape index (κ3) is 4.52. The summed E-state index contributed by atoms with van der Waals surface area (Å²) in [5, 5.41) is 12.8. The van der Waals surface area contributed by atoms with E-state index in [1.165, 1.54) is 17.4 Å². The molecule has 2 N–H and O–H groups in total. The molecule has 32 heavy (non-hydrogen) atoms. The SMILES string of the molecule is Cc1nc(-c2cccnc2)sc1C(=O)N1CCCC(C(=O)Nc2ccccc2C(=O)O)C1. The maximum absolute atomic E-state index is 13.2.